The van der Waals surface area contributed by atoms with E-state index in [1.165, 1.54) is 0 Å². The molecule has 2 heterocycles. The number of aliphatic hydroxyl groups is 1. The summed E-state index contributed by atoms with van der Waals surface area (Å²) in [5.41, 5.74) is 4.56. The summed E-state index contributed by atoms with van der Waals surface area (Å²) < 4.78 is 11.3. The van der Waals surface area contributed by atoms with Crippen LogP contribution in [0.4, 0.5) is 22.2 Å². The molecule has 1 aliphatic heterocycles. The highest BCUT2D eigenvalue weighted by Crippen LogP contribution is 2.29. The van der Waals surface area contributed by atoms with Gasteiger partial charge in [-0.25, -0.2) is 9.78 Å². The first kappa shape index (κ1) is 19.9. The molecule has 1 fully saturated rings. The minimum Gasteiger partial charge on any atom is -0.423 e. The molecule has 0 aliphatic carbocycles. The predicted molar refractivity (Wildman–Crippen MR) is 114 cm³/mol. The van der Waals surface area contributed by atoms with Crippen molar-refractivity contribution < 1.29 is 19.1 Å². The molecule has 0 radical (unpaired) electrons. The maximum Gasteiger partial charge on any atom is 0.321 e. The van der Waals surface area contributed by atoms with Crippen LogP contribution in [-0.4, -0.2) is 42.4 Å². The van der Waals surface area contributed by atoms with Gasteiger partial charge in [0.15, 0.2) is 5.76 Å². The van der Waals surface area contributed by atoms with Crippen molar-refractivity contribution in [1.82, 2.24) is 10.3 Å². The number of hydrogen-bond donors (Lipinski definition) is 3. The van der Waals surface area contributed by atoms with Crippen LogP contribution in [0.25, 0.3) is 11.3 Å². The van der Waals surface area contributed by atoms with Crippen molar-refractivity contribution in [2.75, 3.05) is 36.5 Å². The minimum atomic E-state index is -0.0922. The number of amides is 2. The second kappa shape index (κ2) is 8.98. The summed E-state index contributed by atoms with van der Waals surface area (Å²) in [4.78, 5) is 18.0. The van der Waals surface area contributed by atoms with E-state index in [9.17, 15) is 4.79 Å². The van der Waals surface area contributed by atoms with Crippen LogP contribution in [0.5, 0.6) is 0 Å². The number of ether oxygens (including phenoxy) is 1. The first-order valence-electron chi connectivity index (χ1n) is 9.81. The predicted octanol–water partition coefficient (Wildman–Crippen LogP) is 3.43. The standard InChI is InChI=1S/C22H24N4O4/c1-15-5-6-16(14-29-10-9-27)11-19(15)25-21-24-13-20(30-21)17-3-2-4-18(12-17)26-8-7-23-22(26)28/h2-6,11-13,27H,7-10,14H2,1H3,(H,23,28)(H,24,25). The fourth-order valence-corrected chi connectivity index (χ4v) is 3.27. The lowest BCUT2D eigenvalue weighted by Gasteiger charge is -2.14. The molecule has 0 saturated carbocycles. The molecule has 0 spiro atoms. The number of nitrogens with one attached hydrogen (secondary N) is 2. The molecule has 3 aromatic rings. The van der Waals surface area contributed by atoms with E-state index in [1.807, 2.05) is 49.4 Å². The minimum absolute atomic E-state index is 0.000304. The summed E-state index contributed by atoms with van der Waals surface area (Å²) in [6.07, 6.45) is 1.66. The summed E-state index contributed by atoms with van der Waals surface area (Å²) in [7, 11) is 0. The summed E-state index contributed by atoms with van der Waals surface area (Å²) in [6, 6.07) is 13.9. The third kappa shape index (κ3) is 4.45. The quantitative estimate of drug-likeness (QED) is 0.494. The molecule has 1 saturated heterocycles. The van der Waals surface area contributed by atoms with Crippen LogP contribution >= 0.6 is 0 Å². The van der Waals surface area contributed by atoms with Crippen molar-refractivity contribution in [2.45, 2.75) is 13.5 Å². The maximum atomic E-state index is 11.9. The second-order valence-corrected chi connectivity index (χ2v) is 7.01. The van der Waals surface area contributed by atoms with Crippen molar-refractivity contribution in [1.29, 1.82) is 0 Å². The van der Waals surface area contributed by atoms with Crippen LogP contribution in [0.3, 0.4) is 0 Å². The largest absolute Gasteiger partial charge is 0.423 e. The zero-order chi connectivity index (χ0) is 20.9. The Kier molecular flexibility index (Phi) is 5.97. The van der Waals surface area contributed by atoms with Gasteiger partial charge in [0, 0.05) is 30.0 Å². The number of anilines is 3. The molecule has 30 heavy (non-hydrogen) atoms. The molecule has 4 rings (SSSR count). The van der Waals surface area contributed by atoms with Crippen LogP contribution in [-0.2, 0) is 11.3 Å². The number of oxazole rings is 1. The summed E-state index contributed by atoms with van der Waals surface area (Å²) >= 11 is 0. The fourth-order valence-electron chi connectivity index (χ4n) is 3.27. The van der Waals surface area contributed by atoms with Gasteiger partial charge in [-0.15, -0.1) is 0 Å². The zero-order valence-electron chi connectivity index (χ0n) is 16.7. The highest BCUT2D eigenvalue weighted by molar-refractivity contribution is 5.94. The van der Waals surface area contributed by atoms with E-state index in [2.05, 4.69) is 15.6 Å². The van der Waals surface area contributed by atoms with Gasteiger partial charge in [-0.2, -0.15) is 0 Å². The van der Waals surface area contributed by atoms with Gasteiger partial charge in [-0.05, 0) is 36.2 Å². The van der Waals surface area contributed by atoms with Crippen LogP contribution in [0, 0.1) is 6.92 Å². The van der Waals surface area contributed by atoms with Gasteiger partial charge in [0.2, 0.25) is 0 Å². The van der Waals surface area contributed by atoms with E-state index in [1.54, 1.807) is 11.1 Å². The second-order valence-electron chi connectivity index (χ2n) is 7.01. The average Bonchev–Trinajstić information content (AvgIpc) is 3.40. The molecule has 2 aromatic carbocycles. The molecule has 2 amide bonds. The topological polar surface area (TPSA) is 99.9 Å². The number of aryl methyl sites for hydroxylation is 1. The Bertz CT molecular complexity index is 1030. The lowest BCUT2D eigenvalue weighted by atomic mass is 10.1. The Hall–Kier alpha value is -3.36. The lowest BCUT2D eigenvalue weighted by molar-refractivity contribution is 0.0816. The zero-order valence-corrected chi connectivity index (χ0v) is 16.7. The van der Waals surface area contributed by atoms with Gasteiger partial charge in [-0.1, -0.05) is 24.3 Å². The highest BCUT2D eigenvalue weighted by Gasteiger charge is 2.21. The number of aromatic nitrogens is 1. The average molecular weight is 408 g/mol. The first-order chi connectivity index (χ1) is 14.6. The van der Waals surface area contributed by atoms with Crippen LogP contribution < -0.4 is 15.5 Å². The van der Waals surface area contributed by atoms with Gasteiger partial charge < -0.3 is 24.9 Å². The van der Waals surface area contributed by atoms with Crippen molar-refractivity contribution in [3.63, 3.8) is 0 Å². The van der Waals surface area contributed by atoms with Gasteiger partial charge in [0.05, 0.1) is 26.0 Å². The molecule has 1 aromatic heterocycles. The highest BCUT2D eigenvalue weighted by atomic mass is 16.5. The monoisotopic (exact) mass is 408 g/mol. The molecule has 0 unspecified atom stereocenters. The number of aliphatic hydroxyl groups excluding tert-OH is 1. The van der Waals surface area contributed by atoms with E-state index in [4.69, 9.17) is 14.3 Å². The van der Waals surface area contributed by atoms with Crippen molar-refractivity contribution in [3.8, 4) is 11.3 Å². The molecule has 156 valence electrons. The Morgan fingerprint density at radius 2 is 2.20 bits per heavy atom. The third-order valence-electron chi connectivity index (χ3n) is 4.85. The van der Waals surface area contributed by atoms with E-state index in [0.29, 0.717) is 38.1 Å². The molecular weight excluding hydrogens is 384 g/mol. The number of nitrogens with zero attached hydrogens (tertiary/aromatic N) is 2. The number of carbonyl (C=O) groups is 1. The van der Waals surface area contributed by atoms with E-state index < -0.39 is 0 Å². The third-order valence-corrected chi connectivity index (χ3v) is 4.85. The molecule has 0 bridgehead atoms. The smallest absolute Gasteiger partial charge is 0.321 e. The maximum absolute atomic E-state index is 11.9. The molecular formula is C22H24N4O4. The van der Waals surface area contributed by atoms with Crippen LogP contribution in [0.15, 0.2) is 53.1 Å². The molecule has 3 N–H and O–H groups in total. The van der Waals surface area contributed by atoms with Crippen LogP contribution in [0.2, 0.25) is 0 Å². The lowest BCUT2D eigenvalue weighted by Crippen LogP contribution is -2.27. The summed E-state index contributed by atoms with van der Waals surface area (Å²) in [5.74, 6) is 0.610. The van der Waals surface area contributed by atoms with Gasteiger partial charge in [0.25, 0.3) is 6.01 Å². The fraction of sp³-hybridized carbons (Fsp3) is 0.273. The Morgan fingerprint density at radius 3 is 3.00 bits per heavy atom. The molecule has 8 heteroatoms. The van der Waals surface area contributed by atoms with E-state index in [-0.39, 0.29) is 12.6 Å². The van der Waals surface area contributed by atoms with Gasteiger partial charge in [0.1, 0.15) is 0 Å². The SMILES string of the molecule is Cc1ccc(COCCO)cc1Nc1ncc(-c2cccc(N3CCNC3=O)c2)o1. The van der Waals surface area contributed by atoms with E-state index in [0.717, 1.165) is 28.1 Å². The number of urea groups is 1. The van der Waals surface area contributed by atoms with Gasteiger partial charge in [-0.3, -0.25) is 4.90 Å². The van der Waals surface area contributed by atoms with Crippen molar-refractivity contribution >= 4 is 23.4 Å². The molecule has 0 atom stereocenters. The Balaban J connectivity index is 1.50. The van der Waals surface area contributed by atoms with Crippen molar-refractivity contribution in [3.05, 3.63) is 59.8 Å². The normalized spacial score (nSPS) is 13.5. The number of hydrogen-bond acceptors (Lipinski definition) is 6. The number of carbonyl (C=O) groups excluding carboxylic acids is 1. The van der Waals surface area contributed by atoms with Crippen molar-refractivity contribution in [2.24, 2.45) is 0 Å². The number of benzene rings is 2. The first-order valence-corrected chi connectivity index (χ1v) is 9.81. The van der Waals surface area contributed by atoms with E-state index >= 15 is 0 Å². The number of rotatable bonds is 8. The Morgan fingerprint density at radius 1 is 1.30 bits per heavy atom. The summed E-state index contributed by atoms with van der Waals surface area (Å²) in [6.45, 7) is 4.00. The Labute approximate surface area is 174 Å². The van der Waals surface area contributed by atoms with Crippen LogP contribution in [0.1, 0.15) is 11.1 Å². The molecule has 1 aliphatic rings. The summed E-state index contributed by atoms with van der Waals surface area (Å²) in [5, 5.41) is 14.9. The van der Waals surface area contributed by atoms with Gasteiger partial charge >= 0.3 is 6.03 Å². The molecule has 8 nitrogen and oxygen atoms in total.